The Morgan fingerprint density at radius 3 is 2.56 bits per heavy atom. The fraction of sp³-hybridized carbons (Fsp3) is 0.348. The van der Waals surface area contributed by atoms with E-state index in [1.807, 2.05) is 30.5 Å². The molecular formula is C23H29N3O. The number of nitrogens with one attached hydrogen (secondary N) is 2. The summed E-state index contributed by atoms with van der Waals surface area (Å²) in [6.07, 6.45) is 2.84. The van der Waals surface area contributed by atoms with Crippen LogP contribution in [-0.2, 0) is 13.0 Å². The SMILES string of the molecule is CCN(Cc1ccc(C(=O)NCCc2c[nH]c3ccccc23)cc1)C(C)C. The minimum atomic E-state index is -0.0161. The van der Waals surface area contributed by atoms with Gasteiger partial charge in [-0.05, 0) is 56.1 Å². The van der Waals surface area contributed by atoms with E-state index in [-0.39, 0.29) is 5.91 Å². The number of carbonyl (C=O) groups is 1. The van der Waals surface area contributed by atoms with E-state index in [0.717, 1.165) is 25.0 Å². The molecule has 142 valence electrons. The summed E-state index contributed by atoms with van der Waals surface area (Å²) in [5.74, 6) is -0.0161. The van der Waals surface area contributed by atoms with Crippen LogP contribution in [-0.4, -0.2) is 34.9 Å². The van der Waals surface area contributed by atoms with Crippen molar-refractivity contribution in [2.24, 2.45) is 0 Å². The molecule has 2 N–H and O–H groups in total. The summed E-state index contributed by atoms with van der Waals surface area (Å²) < 4.78 is 0. The molecule has 1 aromatic heterocycles. The van der Waals surface area contributed by atoms with Crippen LogP contribution in [0.2, 0.25) is 0 Å². The fourth-order valence-electron chi connectivity index (χ4n) is 3.41. The highest BCUT2D eigenvalue weighted by Gasteiger charge is 2.10. The lowest BCUT2D eigenvalue weighted by molar-refractivity contribution is 0.0954. The number of para-hydroxylation sites is 1. The summed E-state index contributed by atoms with van der Waals surface area (Å²) in [6, 6.07) is 16.7. The zero-order chi connectivity index (χ0) is 19.2. The first-order chi connectivity index (χ1) is 13.1. The van der Waals surface area contributed by atoms with Gasteiger partial charge in [0.05, 0.1) is 0 Å². The van der Waals surface area contributed by atoms with Gasteiger partial charge in [0.1, 0.15) is 0 Å². The quantitative estimate of drug-likeness (QED) is 0.624. The van der Waals surface area contributed by atoms with E-state index in [2.05, 4.69) is 60.2 Å². The number of fused-ring (bicyclic) bond motifs is 1. The molecule has 0 aliphatic carbocycles. The molecule has 0 bridgehead atoms. The Hall–Kier alpha value is -2.59. The lowest BCUT2D eigenvalue weighted by atomic mass is 10.1. The highest BCUT2D eigenvalue weighted by atomic mass is 16.1. The van der Waals surface area contributed by atoms with E-state index in [0.29, 0.717) is 18.2 Å². The highest BCUT2D eigenvalue weighted by Crippen LogP contribution is 2.17. The smallest absolute Gasteiger partial charge is 0.251 e. The largest absolute Gasteiger partial charge is 0.361 e. The summed E-state index contributed by atoms with van der Waals surface area (Å²) in [7, 11) is 0. The minimum Gasteiger partial charge on any atom is -0.361 e. The minimum absolute atomic E-state index is 0.0161. The molecule has 0 spiro atoms. The second-order valence-electron chi connectivity index (χ2n) is 7.22. The molecule has 3 rings (SSSR count). The first-order valence-electron chi connectivity index (χ1n) is 9.74. The first kappa shape index (κ1) is 19.2. The molecular weight excluding hydrogens is 334 g/mol. The van der Waals surface area contributed by atoms with Crippen LogP contribution in [0, 0.1) is 0 Å². The lowest BCUT2D eigenvalue weighted by Gasteiger charge is -2.24. The molecule has 0 radical (unpaired) electrons. The molecule has 0 unspecified atom stereocenters. The van der Waals surface area contributed by atoms with Crippen molar-refractivity contribution in [3.05, 3.63) is 71.4 Å². The summed E-state index contributed by atoms with van der Waals surface area (Å²) in [4.78, 5) is 18.1. The third-order valence-corrected chi connectivity index (χ3v) is 5.09. The van der Waals surface area contributed by atoms with Crippen molar-refractivity contribution in [1.82, 2.24) is 15.2 Å². The maximum Gasteiger partial charge on any atom is 0.251 e. The van der Waals surface area contributed by atoms with Crippen molar-refractivity contribution in [2.45, 2.75) is 39.8 Å². The second kappa shape index (κ2) is 8.87. The van der Waals surface area contributed by atoms with Crippen molar-refractivity contribution in [1.29, 1.82) is 0 Å². The molecule has 4 nitrogen and oxygen atoms in total. The van der Waals surface area contributed by atoms with E-state index < -0.39 is 0 Å². The molecule has 0 aliphatic rings. The monoisotopic (exact) mass is 363 g/mol. The average molecular weight is 364 g/mol. The number of aromatic nitrogens is 1. The topological polar surface area (TPSA) is 48.1 Å². The Morgan fingerprint density at radius 1 is 1.11 bits per heavy atom. The van der Waals surface area contributed by atoms with Gasteiger partial charge in [0.15, 0.2) is 0 Å². The third-order valence-electron chi connectivity index (χ3n) is 5.09. The standard InChI is InChI=1S/C23H29N3O/c1-4-26(17(2)3)16-18-9-11-19(12-10-18)23(27)24-14-13-20-15-25-22-8-6-5-7-21(20)22/h5-12,15,17,25H,4,13-14,16H2,1-3H3,(H,24,27). The number of hydrogen-bond acceptors (Lipinski definition) is 2. The Bertz CT molecular complexity index is 880. The maximum atomic E-state index is 12.4. The number of carbonyl (C=O) groups excluding carboxylic acids is 1. The van der Waals surface area contributed by atoms with Crippen molar-refractivity contribution in [3.63, 3.8) is 0 Å². The van der Waals surface area contributed by atoms with Crippen LogP contribution < -0.4 is 5.32 Å². The molecule has 0 saturated carbocycles. The van der Waals surface area contributed by atoms with Gasteiger partial charge in [-0.25, -0.2) is 0 Å². The molecule has 1 heterocycles. The van der Waals surface area contributed by atoms with E-state index in [4.69, 9.17) is 0 Å². The van der Waals surface area contributed by atoms with Gasteiger partial charge < -0.3 is 10.3 Å². The molecule has 0 atom stereocenters. The molecule has 0 saturated heterocycles. The van der Waals surface area contributed by atoms with E-state index in [1.54, 1.807) is 0 Å². The summed E-state index contributed by atoms with van der Waals surface area (Å²) in [5, 5.41) is 4.25. The van der Waals surface area contributed by atoms with Crippen LogP contribution >= 0.6 is 0 Å². The van der Waals surface area contributed by atoms with Crippen LogP contribution in [0.25, 0.3) is 10.9 Å². The lowest BCUT2D eigenvalue weighted by Crippen LogP contribution is -2.30. The Kier molecular flexibility index (Phi) is 6.30. The average Bonchev–Trinajstić information content (AvgIpc) is 3.09. The zero-order valence-corrected chi connectivity index (χ0v) is 16.5. The zero-order valence-electron chi connectivity index (χ0n) is 16.5. The van der Waals surface area contributed by atoms with Crippen molar-refractivity contribution in [3.8, 4) is 0 Å². The molecule has 3 aromatic rings. The van der Waals surface area contributed by atoms with Crippen LogP contribution in [0.5, 0.6) is 0 Å². The van der Waals surface area contributed by atoms with Gasteiger partial charge in [-0.3, -0.25) is 9.69 Å². The predicted octanol–water partition coefficient (Wildman–Crippen LogP) is 4.37. The predicted molar refractivity (Wildman–Crippen MR) is 112 cm³/mol. The summed E-state index contributed by atoms with van der Waals surface area (Å²) >= 11 is 0. The molecule has 1 amide bonds. The molecule has 0 aliphatic heterocycles. The Morgan fingerprint density at radius 2 is 1.85 bits per heavy atom. The van der Waals surface area contributed by atoms with E-state index in [1.165, 1.54) is 16.5 Å². The fourth-order valence-corrected chi connectivity index (χ4v) is 3.41. The number of hydrogen-bond donors (Lipinski definition) is 2. The Balaban J connectivity index is 1.53. The molecule has 27 heavy (non-hydrogen) atoms. The maximum absolute atomic E-state index is 12.4. The normalized spacial score (nSPS) is 11.4. The number of aromatic amines is 1. The van der Waals surface area contributed by atoms with Crippen molar-refractivity contribution in [2.75, 3.05) is 13.1 Å². The van der Waals surface area contributed by atoms with Gasteiger partial charge in [-0.1, -0.05) is 37.3 Å². The van der Waals surface area contributed by atoms with Gasteiger partial charge in [-0.2, -0.15) is 0 Å². The van der Waals surface area contributed by atoms with Crippen LogP contribution in [0.1, 0.15) is 42.3 Å². The molecule has 2 aromatic carbocycles. The first-order valence-corrected chi connectivity index (χ1v) is 9.74. The van der Waals surface area contributed by atoms with Gasteiger partial charge in [-0.15, -0.1) is 0 Å². The van der Waals surface area contributed by atoms with Gasteiger partial charge >= 0.3 is 0 Å². The number of H-pyrrole nitrogens is 1. The summed E-state index contributed by atoms with van der Waals surface area (Å²) in [5.41, 5.74) is 4.32. The second-order valence-corrected chi connectivity index (χ2v) is 7.22. The molecule has 4 heteroatoms. The van der Waals surface area contributed by atoms with Gasteiger partial charge in [0.2, 0.25) is 0 Å². The van der Waals surface area contributed by atoms with E-state index in [9.17, 15) is 4.79 Å². The number of nitrogens with zero attached hydrogens (tertiary/aromatic N) is 1. The number of rotatable bonds is 8. The third kappa shape index (κ3) is 4.77. The van der Waals surface area contributed by atoms with Gasteiger partial charge in [0, 0.05) is 41.8 Å². The van der Waals surface area contributed by atoms with E-state index >= 15 is 0 Å². The van der Waals surface area contributed by atoms with Crippen LogP contribution in [0.15, 0.2) is 54.7 Å². The van der Waals surface area contributed by atoms with Gasteiger partial charge in [0.25, 0.3) is 5.91 Å². The van der Waals surface area contributed by atoms with Crippen molar-refractivity contribution >= 4 is 16.8 Å². The highest BCUT2D eigenvalue weighted by molar-refractivity contribution is 5.94. The molecule has 0 fully saturated rings. The summed E-state index contributed by atoms with van der Waals surface area (Å²) in [6.45, 7) is 9.15. The van der Waals surface area contributed by atoms with Crippen molar-refractivity contribution < 1.29 is 4.79 Å². The van der Waals surface area contributed by atoms with Crippen LogP contribution in [0.3, 0.4) is 0 Å². The van der Waals surface area contributed by atoms with Crippen LogP contribution in [0.4, 0.5) is 0 Å². The number of amides is 1. The Labute approximate surface area is 161 Å². The number of benzene rings is 2.